The molecule has 0 aliphatic rings. The number of aliphatic carboxylic acids is 1. The van der Waals surface area contributed by atoms with Crippen molar-refractivity contribution in [2.45, 2.75) is 6.61 Å². The smallest absolute Gasteiger partial charge is 0.417 e. The highest BCUT2D eigenvalue weighted by atomic mass is 16.6. The lowest BCUT2D eigenvalue weighted by atomic mass is 10.1. The van der Waals surface area contributed by atoms with Crippen LogP contribution in [-0.2, 0) is 20.9 Å². The number of hydrogen-bond donors (Lipinski definition) is 1. The Labute approximate surface area is 97.4 Å². The van der Waals surface area contributed by atoms with Crippen molar-refractivity contribution in [1.29, 1.82) is 0 Å². The SMILES string of the molecule is O=C(O)C(=O)OCc1ccc2ccccc2c1. The van der Waals surface area contributed by atoms with Gasteiger partial charge in [0.1, 0.15) is 6.61 Å². The van der Waals surface area contributed by atoms with E-state index in [4.69, 9.17) is 5.11 Å². The minimum atomic E-state index is -1.58. The van der Waals surface area contributed by atoms with Crippen molar-refractivity contribution in [3.05, 3.63) is 48.0 Å². The molecule has 0 radical (unpaired) electrons. The van der Waals surface area contributed by atoms with Crippen LogP contribution in [0, 0.1) is 0 Å². The summed E-state index contributed by atoms with van der Waals surface area (Å²) >= 11 is 0. The molecule has 0 heterocycles. The standard InChI is InChI=1S/C13H10O4/c14-12(15)13(16)17-8-9-5-6-10-3-1-2-4-11(10)7-9/h1-7H,8H2,(H,14,15). The van der Waals surface area contributed by atoms with Gasteiger partial charge in [-0.05, 0) is 22.4 Å². The molecule has 0 aromatic heterocycles. The highest BCUT2D eigenvalue weighted by Crippen LogP contribution is 2.16. The third kappa shape index (κ3) is 2.60. The van der Waals surface area contributed by atoms with E-state index in [1.165, 1.54) is 0 Å². The van der Waals surface area contributed by atoms with Gasteiger partial charge in [-0.2, -0.15) is 0 Å². The lowest BCUT2D eigenvalue weighted by Gasteiger charge is -2.04. The number of ether oxygens (including phenoxy) is 1. The number of esters is 1. The van der Waals surface area contributed by atoms with Crippen molar-refractivity contribution in [2.24, 2.45) is 0 Å². The summed E-state index contributed by atoms with van der Waals surface area (Å²) in [6.07, 6.45) is 0. The molecule has 1 N–H and O–H groups in total. The molecule has 4 nitrogen and oxygen atoms in total. The van der Waals surface area contributed by atoms with E-state index in [0.29, 0.717) is 0 Å². The molecule has 0 amide bonds. The summed E-state index contributed by atoms with van der Waals surface area (Å²) in [6, 6.07) is 13.3. The maximum absolute atomic E-state index is 10.8. The Bertz CT molecular complexity index is 574. The number of carboxylic acids is 1. The second-order valence-corrected chi connectivity index (χ2v) is 3.56. The zero-order valence-corrected chi connectivity index (χ0v) is 8.92. The number of rotatable bonds is 2. The Balaban J connectivity index is 2.14. The molecule has 0 bridgehead atoms. The number of fused-ring (bicyclic) bond motifs is 1. The first-order valence-electron chi connectivity index (χ1n) is 5.04. The van der Waals surface area contributed by atoms with Gasteiger partial charge < -0.3 is 9.84 Å². The molecular weight excluding hydrogens is 220 g/mol. The second kappa shape index (κ2) is 4.65. The first kappa shape index (κ1) is 11.1. The molecule has 0 atom stereocenters. The van der Waals surface area contributed by atoms with Gasteiger partial charge in [-0.1, -0.05) is 36.4 Å². The molecule has 0 saturated carbocycles. The van der Waals surface area contributed by atoms with Crippen molar-refractivity contribution >= 4 is 22.7 Å². The van der Waals surface area contributed by atoms with E-state index in [-0.39, 0.29) is 6.61 Å². The Morgan fingerprint density at radius 2 is 1.76 bits per heavy atom. The zero-order valence-electron chi connectivity index (χ0n) is 8.92. The summed E-state index contributed by atoms with van der Waals surface area (Å²) in [6.45, 7) is -0.0318. The van der Waals surface area contributed by atoms with Gasteiger partial charge in [-0.15, -0.1) is 0 Å². The van der Waals surface area contributed by atoms with Gasteiger partial charge in [0, 0.05) is 0 Å². The van der Waals surface area contributed by atoms with Crippen LogP contribution in [-0.4, -0.2) is 17.0 Å². The largest absolute Gasteiger partial charge is 0.473 e. The van der Waals surface area contributed by atoms with Crippen LogP contribution in [0.15, 0.2) is 42.5 Å². The average Bonchev–Trinajstić information content (AvgIpc) is 2.35. The Morgan fingerprint density at radius 1 is 1.06 bits per heavy atom. The van der Waals surface area contributed by atoms with Crippen LogP contribution < -0.4 is 0 Å². The van der Waals surface area contributed by atoms with Crippen LogP contribution in [0.3, 0.4) is 0 Å². The van der Waals surface area contributed by atoms with Crippen LogP contribution in [0.5, 0.6) is 0 Å². The summed E-state index contributed by atoms with van der Waals surface area (Å²) in [5.41, 5.74) is 0.762. The van der Waals surface area contributed by atoms with Gasteiger partial charge in [0.25, 0.3) is 0 Å². The summed E-state index contributed by atoms with van der Waals surface area (Å²) in [4.78, 5) is 21.0. The van der Waals surface area contributed by atoms with Crippen molar-refractivity contribution in [3.8, 4) is 0 Å². The number of carbonyl (C=O) groups excluding carboxylic acids is 1. The molecule has 2 aromatic rings. The molecule has 0 fully saturated rings. The normalized spacial score (nSPS) is 10.1. The molecule has 0 saturated heterocycles. The lowest BCUT2D eigenvalue weighted by molar-refractivity contribution is -0.164. The van der Waals surface area contributed by atoms with Gasteiger partial charge in [0.15, 0.2) is 0 Å². The van der Waals surface area contributed by atoms with E-state index < -0.39 is 11.9 Å². The highest BCUT2D eigenvalue weighted by molar-refractivity contribution is 6.28. The fourth-order valence-corrected chi connectivity index (χ4v) is 1.54. The van der Waals surface area contributed by atoms with Crippen LogP contribution in [0.25, 0.3) is 10.8 Å². The summed E-state index contributed by atoms with van der Waals surface area (Å²) in [5, 5.41) is 10.5. The maximum atomic E-state index is 10.8. The molecule has 4 heteroatoms. The minimum Gasteiger partial charge on any atom is -0.473 e. The molecule has 86 valence electrons. The van der Waals surface area contributed by atoms with E-state index in [1.54, 1.807) is 6.07 Å². The molecule has 17 heavy (non-hydrogen) atoms. The van der Waals surface area contributed by atoms with Gasteiger partial charge in [-0.25, -0.2) is 9.59 Å². The van der Waals surface area contributed by atoms with Crippen LogP contribution in [0.1, 0.15) is 5.56 Å². The monoisotopic (exact) mass is 230 g/mol. The lowest BCUT2D eigenvalue weighted by Crippen LogP contribution is -2.15. The molecule has 0 aliphatic heterocycles. The van der Waals surface area contributed by atoms with Gasteiger partial charge in [0.05, 0.1) is 0 Å². The predicted molar refractivity (Wildman–Crippen MR) is 61.4 cm³/mol. The molecule has 2 aromatic carbocycles. The van der Waals surface area contributed by atoms with Crippen LogP contribution >= 0.6 is 0 Å². The Hall–Kier alpha value is -2.36. The van der Waals surface area contributed by atoms with E-state index >= 15 is 0 Å². The zero-order chi connectivity index (χ0) is 12.3. The van der Waals surface area contributed by atoms with Gasteiger partial charge in [0.2, 0.25) is 0 Å². The summed E-state index contributed by atoms with van der Waals surface area (Å²) < 4.78 is 4.60. The van der Waals surface area contributed by atoms with Crippen LogP contribution in [0.2, 0.25) is 0 Å². The number of hydrogen-bond acceptors (Lipinski definition) is 3. The van der Waals surface area contributed by atoms with Crippen molar-refractivity contribution in [2.75, 3.05) is 0 Å². The van der Waals surface area contributed by atoms with Crippen LogP contribution in [0.4, 0.5) is 0 Å². The number of benzene rings is 2. The average molecular weight is 230 g/mol. The van der Waals surface area contributed by atoms with Crippen molar-refractivity contribution in [1.82, 2.24) is 0 Å². The summed E-state index contributed by atoms with van der Waals surface area (Å²) in [7, 11) is 0. The maximum Gasteiger partial charge on any atom is 0.417 e. The topological polar surface area (TPSA) is 63.6 Å². The van der Waals surface area contributed by atoms with E-state index in [9.17, 15) is 9.59 Å². The second-order valence-electron chi connectivity index (χ2n) is 3.56. The summed E-state index contributed by atoms with van der Waals surface area (Å²) in [5.74, 6) is -2.82. The quantitative estimate of drug-likeness (QED) is 0.632. The molecular formula is C13H10O4. The first-order valence-corrected chi connectivity index (χ1v) is 5.04. The Kier molecular flexibility index (Phi) is 3.05. The fraction of sp³-hybridized carbons (Fsp3) is 0.0769. The highest BCUT2D eigenvalue weighted by Gasteiger charge is 2.12. The van der Waals surface area contributed by atoms with Crippen molar-refractivity contribution < 1.29 is 19.4 Å². The Morgan fingerprint density at radius 3 is 2.47 bits per heavy atom. The molecule has 2 rings (SSSR count). The third-order valence-corrected chi connectivity index (χ3v) is 2.36. The number of carboxylic acid groups (broad SMARTS) is 1. The third-order valence-electron chi connectivity index (χ3n) is 2.36. The molecule has 0 aliphatic carbocycles. The van der Waals surface area contributed by atoms with Gasteiger partial charge in [-0.3, -0.25) is 0 Å². The first-order chi connectivity index (χ1) is 8.16. The van der Waals surface area contributed by atoms with E-state index in [1.807, 2.05) is 36.4 Å². The minimum absolute atomic E-state index is 0.0318. The molecule has 0 spiro atoms. The van der Waals surface area contributed by atoms with Gasteiger partial charge >= 0.3 is 11.9 Å². The van der Waals surface area contributed by atoms with E-state index in [2.05, 4.69) is 4.74 Å². The van der Waals surface area contributed by atoms with Crippen molar-refractivity contribution in [3.63, 3.8) is 0 Å². The predicted octanol–water partition coefficient (Wildman–Crippen LogP) is 1.97. The number of carbonyl (C=O) groups is 2. The van der Waals surface area contributed by atoms with E-state index in [0.717, 1.165) is 16.3 Å². The fourth-order valence-electron chi connectivity index (χ4n) is 1.54. The molecule has 0 unspecified atom stereocenters.